The number of amides is 2. The number of nitrogens with zero attached hydrogens (tertiary/aromatic N) is 3. The molecule has 2 rings (SSSR count). The number of hydrogen-bond donors (Lipinski definition) is 3. The maximum atomic E-state index is 12.8. The number of alkyl halides is 3. The molecule has 0 atom stereocenters. The quantitative estimate of drug-likeness (QED) is 0.610. The number of carbonyl (C=O) groups excluding carboxylic acids is 1. The van der Waals surface area contributed by atoms with Crippen molar-refractivity contribution in [2.24, 2.45) is 0 Å². The average molecular weight is 456 g/mol. The number of anilines is 1. The highest BCUT2D eigenvalue weighted by atomic mass is 35.5. The minimum atomic E-state index is -5.01. The molecule has 11 nitrogen and oxygen atoms in total. The number of sulfonamides is 1. The van der Waals surface area contributed by atoms with Crippen LogP contribution < -0.4 is 14.8 Å². The number of carbonyl (C=O) groups is 2. The largest absolute Gasteiger partial charge is 0.478 e. The summed E-state index contributed by atoms with van der Waals surface area (Å²) in [6.07, 6.45) is -5.01. The maximum Gasteiger partial charge on any atom is 0.451 e. The Balaban J connectivity index is 2.32. The number of methoxy groups -OCH3 is 1. The van der Waals surface area contributed by atoms with Gasteiger partial charge in [0.25, 0.3) is 10.0 Å². The Morgan fingerprint density at radius 2 is 1.86 bits per heavy atom. The lowest BCUT2D eigenvalue weighted by Gasteiger charge is -2.11. The van der Waals surface area contributed by atoms with Crippen molar-refractivity contribution < 1.29 is 41.0 Å². The Hall–Kier alpha value is -3.20. The van der Waals surface area contributed by atoms with Crippen molar-refractivity contribution in [2.45, 2.75) is 11.1 Å². The van der Waals surface area contributed by atoms with Gasteiger partial charge < -0.3 is 9.84 Å². The van der Waals surface area contributed by atoms with Gasteiger partial charge in [-0.3, -0.25) is 5.32 Å². The third kappa shape index (κ3) is 5.41. The van der Waals surface area contributed by atoms with Gasteiger partial charge in [-0.2, -0.15) is 28.1 Å². The second kappa shape index (κ2) is 8.04. The lowest BCUT2D eigenvalue weighted by molar-refractivity contribution is -0.145. The van der Waals surface area contributed by atoms with Gasteiger partial charge in [-0.25, -0.2) is 22.7 Å². The van der Waals surface area contributed by atoms with Crippen LogP contribution in [0.25, 0.3) is 0 Å². The summed E-state index contributed by atoms with van der Waals surface area (Å²) in [5, 5.41) is 10.6. The second-order valence-electron chi connectivity index (χ2n) is 4.97. The molecule has 2 amide bonds. The Labute approximate surface area is 164 Å². The number of urea groups is 1. The number of aromatic carboxylic acids is 1. The first kappa shape index (κ1) is 22.1. The summed E-state index contributed by atoms with van der Waals surface area (Å²) in [7, 11) is -3.83. The highest BCUT2D eigenvalue weighted by Crippen LogP contribution is 2.27. The molecule has 0 spiro atoms. The van der Waals surface area contributed by atoms with Crippen LogP contribution in [0, 0.1) is 0 Å². The molecular weight excluding hydrogens is 447 g/mol. The smallest absolute Gasteiger partial charge is 0.451 e. The number of carboxylic acid groups (broad SMARTS) is 1. The van der Waals surface area contributed by atoms with Gasteiger partial charge in [0.05, 0.1) is 12.7 Å². The molecule has 16 heteroatoms. The standard InChI is InChI=1S/C13H9ClF3N5O6S/c1-28-12-19-9(13(15,16)17)18-10(21-12)20-11(25)22-29(26,27)7-4-5(14)2-3-6(7)8(23)24/h2-4H,1H3,(H,23,24)(H2,18,19,20,21,22,25). The first-order chi connectivity index (χ1) is 13.3. The van der Waals surface area contributed by atoms with Crippen LogP contribution in [-0.2, 0) is 16.2 Å². The van der Waals surface area contributed by atoms with E-state index in [4.69, 9.17) is 16.7 Å². The SMILES string of the molecule is COc1nc(NC(=O)NS(=O)(=O)c2cc(Cl)ccc2C(=O)O)nc(C(F)(F)F)n1. The molecular formula is C13H9ClF3N5O6S. The maximum absolute atomic E-state index is 12.8. The topological polar surface area (TPSA) is 160 Å². The predicted octanol–water partition coefficient (Wildman–Crippen LogP) is 1.76. The summed E-state index contributed by atoms with van der Waals surface area (Å²) >= 11 is 5.65. The molecule has 0 aliphatic carbocycles. The molecule has 3 N–H and O–H groups in total. The van der Waals surface area contributed by atoms with E-state index >= 15 is 0 Å². The van der Waals surface area contributed by atoms with E-state index in [1.165, 1.54) is 4.72 Å². The lowest BCUT2D eigenvalue weighted by Crippen LogP contribution is -2.36. The summed E-state index contributed by atoms with van der Waals surface area (Å²) < 4.78 is 68.8. The van der Waals surface area contributed by atoms with Crippen LogP contribution in [0.4, 0.5) is 23.9 Å². The Morgan fingerprint density at radius 3 is 2.41 bits per heavy atom. The summed E-state index contributed by atoms with van der Waals surface area (Å²) in [5.74, 6) is -4.30. The lowest BCUT2D eigenvalue weighted by atomic mass is 10.2. The van der Waals surface area contributed by atoms with Gasteiger partial charge in [0, 0.05) is 5.02 Å². The molecule has 0 saturated carbocycles. The predicted molar refractivity (Wildman–Crippen MR) is 89.1 cm³/mol. The number of ether oxygens (including phenoxy) is 1. The van der Waals surface area contributed by atoms with E-state index in [0.717, 1.165) is 25.3 Å². The number of halogens is 4. The first-order valence-electron chi connectivity index (χ1n) is 7.07. The van der Waals surface area contributed by atoms with Gasteiger partial charge in [0.2, 0.25) is 11.8 Å². The number of nitrogens with one attached hydrogen (secondary N) is 2. The van der Waals surface area contributed by atoms with Crippen LogP contribution in [0.3, 0.4) is 0 Å². The van der Waals surface area contributed by atoms with Crippen LogP contribution in [0.1, 0.15) is 16.2 Å². The first-order valence-corrected chi connectivity index (χ1v) is 8.93. The van der Waals surface area contributed by atoms with E-state index in [2.05, 4.69) is 19.7 Å². The highest BCUT2D eigenvalue weighted by molar-refractivity contribution is 7.90. The molecule has 0 aliphatic heterocycles. The van der Waals surface area contributed by atoms with E-state index < -0.39 is 56.4 Å². The van der Waals surface area contributed by atoms with Gasteiger partial charge in [-0.05, 0) is 18.2 Å². The molecule has 29 heavy (non-hydrogen) atoms. The summed E-state index contributed by atoms with van der Waals surface area (Å²) in [5.41, 5.74) is -0.698. The van der Waals surface area contributed by atoms with E-state index in [1.54, 1.807) is 5.32 Å². The second-order valence-corrected chi connectivity index (χ2v) is 7.06. The number of carboxylic acids is 1. The molecule has 2 aromatic rings. The van der Waals surface area contributed by atoms with E-state index in [9.17, 15) is 31.2 Å². The van der Waals surface area contributed by atoms with Gasteiger partial charge in [0.1, 0.15) is 4.90 Å². The van der Waals surface area contributed by atoms with Gasteiger partial charge in [0.15, 0.2) is 0 Å². The minimum Gasteiger partial charge on any atom is -0.478 e. The fraction of sp³-hybridized carbons (Fsp3) is 0.154. The van der Waals surface area contributed by atoms with Gasteiger partial charge >= 0.3 is 24.2 Å². The van der Waals surface area contributed by atoms with Crippen molar-refractivity contribution >= 4 is 39.6 Å². The number of benzene rings is 1. The zero-order chi connectivity index (χ0) is 22.0. The Morgan fingerprint density at radius 1 is 1.21 bits per heavy atom. The fourth-order valence-electron chi connectivity index (χ4n) is 1.83. The van der Waals surface area contributed by atoms with E-state index in [0.29, 0.717) is 0 Å². The molecule has 0 unspecified atom stereocenters. The zero-order valence-electron chi connectivity index (χ0n) is 14.0. The van der Waals surface area contributed by atoms with Crippen LogP contribution in [0.15, 0.2) is 23.1 Å². The molecule has 1 heterocycles. The third-order valence-corrected chi connectivity index (χ3v) is 4.57. The average Bonchev–Trinajstić information content (AvgIpc) is 2.59. The number of aromatic nitrogens is 3. The minimum absolute atomic E-state index is 0.146. The van der Waals surface area contributed by atoms with E-state index in [-0.39, 0.29) is 5.02 Å². The highest BCUT2D eigenvalue weighted by Gasteiger charge is 2.36. The van der Waals surface area contributed by atoms with Gasteiger partial charge in [-0.1, -0.05) is 11.6 Å². The summed E-state index contributed by atoms with van der Waals surface area (Å²) in [6, 6.07) is 0.397. The van der Waals surface area contributed by atoms with Gasteiger partial charge in [-0.15, -0.1) is 0 Å². The third-order valence-electron chi connectivity index (χ3n) is 2.97. The number of rotatable bonds is 5. The van der Waals surface area contributed by atoms with Crippen LogP contribution in [0.2, 0.25) is 5.02 Å². The van der Waals surface area contributed by atoms with E-state index in [1.807, 2.05) is 0 Å². The molecule has 0 fully saturated rings. The fourth-order valence-corrected chi connectivity index (χ4v) is 3.20. The van der Waals surface area contributed by atoms with Crippen molar-refractivity contribution in [1.29, 1.82) is 0 Å². The molecule has 1 aromatic heterocycles. The van der Waals surface area contributed by atoms with Crippen molar-refractivity contribution in [2.75, 3.05) is 12.4 Å². The monoisotopic (exact) mass is 455 g/mol. The summed E-state index contributed by atoms with van der Waals surface area (Å²) in [6.45, 7) is 0. The van der Waals surface area contributed by atoms with Crippen molar-refractivity contribution in [3.63, 3.8) is 0 Å². The molecule has 0 bridgehead atoms. The number of hydrogen-bond acceptors (Lipinski definition) is 8. The van der Waals surface area contributed by atoms with Crippen LogP contribution >= 0.6 is 11.6 Å². The van der Waals surface area contributed by atoms with Crippen molar-refractivity contribution in [3.05, 3.63) is 34.6 Å². The zero-order valence-corrected chi connectivity index (χ0v) is 15.6. The van der Waals surface area contributed by atoms with Crippen molar-refractivity contribution in [1.82, 2.24) is 19.7 Å². The molecule has 0 saturated heterocycles. The molecule has 0 aliphatic rings. The van der Waals surface area contributed by atoms with Crippen LogP contribution in [-0.4, -0.2) is 47.6 Å². The Bertz CT molecular complexity index is 1080. The molecule has 0 radical (unpaired) electrons. The summed E-state index contributed by atoms with van der Waals surface area (Å²) in [4.78, 5) is 31.5. The van der Waals surface area contributed by atoms with Crippen LogP contribution in [0.5, 0.6) is 6.01 Å². The normalized spacial score (nSPS) is 11.6. The molecule has 1 aromatic carbocycles. The van der Waals surface area contributed by atoms with Crippen molar-refractivity contribution in [3.8, 4) is 6.01 Å². The Kier molecular flexibility index (Phi) is 6.13. The molecule has 156 valence electrons.